The van der Waals surface area contributed by atoms with Crippen molar-refractivity contribution >= 4 is 0 Å². The molecule has 1 nitrogen and oxygen atoms in total. The Bertz CT molecular complexity index is 368. The highest BCUT2D eigenvalue weighted by atomic mass is 16.3. The van der Waals surface area contributed by atoms with Gasteiger partial charge in [-0.15, -0.1) is 0 Å². The van der Waals surface area contributed by atoms with Crippen molar-refractivity contribution in [2.75, 3.05) is 0 Å². The molecule has 0 radical (unpaired) electrons. The first-order valence-corrected chi connectivity index (χ1v) is 5.84. The van der Waals surface area contributed by atoms with Crippen LogP contribution in [0.4, 0.5) is 0 Å². The molecule has 0 aliphatic heterocycles. The molecule has 0 spiro atoms. The van der Waals surface area contributed by atoms with Gasteiger partial charge in [-0.1, -0.05) is 45.9 Å². The summed E-state index contributed by atoms with van der Waals surface area (Å²) in [6, 6.07) is 6.58. The van der Waals surface area contributed by atoms with Crippen molar-refractivity contribution in [3.05, 3.63) is 34.9 Å². The van der Waals surface area contributed by atoms with Gasteiger partial charge in [0.25, 0.3) is 0 Å². The van der Waals surface area contributed by atoms with E-state index >= 15 is 0 Å². The van der Waals surface area contributed by atoms with Crippen LogP contribution in [0.3, 0.4) is 0 Å². The van der Waals surface area contributed by atoms with Crippen molar-refractivity contribution in [2.24, 2.45) is 5.92 Å². The summed E-state index contributed by atoms with van der Waals surface area (Å²) in [5.41, 5.74) is 3.81. The number of hydrogen-bond donors (Lipinski definition) is 1. The van der Waals surface area contributed by atoms with Crippen LogP contribution in [0.15, 0.2) is 18.2 Å². The quantitative estimate of drug-likeness (QED) is 0.741. The van der Waals surface area contributed by atoms with E-state index in [0.717, 1.165) is 5.56 Å². The van der Waals surface area contributed by atoms with Crippen molar-refractivity contribution in [3.8, 4) is 0 Å². The molecule has 0 amide bonds. The second-order valence-corrected chi connectivity index (χ2v) is 5.14. The van der Waals surface area contributed by atoms with Crippen molar-refractivity contribution in [2.45, 2.75) is 45.6 Å². The number of benzene rings is 1. The molecule has 1 aliphatic rings. The van der Waals surface area contributed by atoms with E-state index < -0.39 is 0 Å². The largest absolute Gasteiger partial charge is 0.388 e. The lowest BCUT2D eigenvalue weighted by Gasteiger charge is -2.12. The standard InChI is InChI=1S/C14H20O/c1-8(2)11-5-6-12-9(3)10(4)14(15)13(12)7-11/h5-10,14-15H,1-4H3. The first kappa shape index (κ1) is 10.7. The van der Waals surface area contributed by atoms with Gasteiger partial charge in [-0.25, -0.2) is 0 Å². The molecule has 0 saturated carbocycles. The highest BCUT2D eigenvalue weighted by molar-refractivity contribution is 5.41. The van der Waals surface area contributed by atoms with Gasteiger partial charge in [0.15, 0.2) is 0 Å². The molecule has 0 bridgehead atoms. The van der Waals surface area contributed by atoms with Gasteiger partial charge in [0.2, 0.25) is 0 Å². The van der Waals surface area contributed by atoms with E-state index in [2.05, 4.69) is 45.9 Å². The van der Waals surface area contributed by atoms with Crippen LogP contribution in [0, 0.1) is 5.92 Å². The van der Waals surface area contributed by atoms with E-state index in [4.69, 9.17) is 0 Å². The van der Waals surface area contributed by atoms with Crippen LogP contribution in [-0.2, 0) is 0 Å². The molecule has 3 atom stereocenters. The predicted molar refractivity (Wildman–Crippen MR) is 63.1 cm³/mol. The Labute approximate surface area is 92.1 Å². The molecule has 82 valence electrons. The monoisotopic (exact) mass is 204 g/mol. The zero-order valence-corrected chi connectivity index (χ0v) is 9.99. The average molecular weight is 204 g/mol. The predicted octanol–water partition coefficient (Wildman–Crippen LogP) is 3.60. The molecule has 15 heavy (non-hydrogen) atoms. The molecule has 0 heterocycles. The minimum atomic E-state index is -0.270. The summed E-state index contributed by atoms with van der Waals surface area (Å²) in [6.45, 7) is 8.71. The third kappa shape index (κ3) is 1.59. The molecule has 0 fully saturated rings. The van der Waals surface area contributed by atoms with Gasteiger partial charge >= 0.3 is 0 Å². The van der Waals surface area contributed by atoms with Crippen molar-refractivity contribution < 1.29 is 5.11 Å². The molecule has 1 aromatic carbocycles. The lowest BCUT2D eigenvalue weighted by molar-refractivity contribution is 0.123. The fourth-order valence-electron chi connectivity index (χ4n) is 2.46. The van der Waals surface area contributed by atoms with Gasteiger partial charge in [-0.05, 0) is 34.4 Å². The second kappa shape index (κ2) is 3.64. The average Bonchev–Trinajstić information content (AvgIpc) is 2.44. The fourth-order valence-corrected chi connectivity index (χ4v) is 2.46. The van der Waals surface area contributed by atoms with Gasteiger partial charge in [-0.3, -0.25) is 0 Å². The number of rotatable bonds is 1. The van der Waals surface area contributed by atoms with Crippen molar-refractivity contribution in [1.29, 1.82) is 0 Å². The normalized spacial score (nSPS) is 29.6. The number of fused-ring (bicyclic) bond motifs is 1. The fraction of sp³-hybridized carbons (Fsp3) is 0.571. The van der Waals surface area contributed by atoms with Crippen molar-refractivity contribution in [3.63, 3.8) is 0 Å². The third-order valence-electron chi connectivity index (χ3n) is 3.87. The van der Waals surface area contributed by atoms with Gasteiger partial charge in [0.1, 0.15) is 0 Å². The van der Waals surface area contributed by atoms with E-state index in [1.165, 1.54) is 11.1 Å². The summed E-state index contributed by atoms with van der Waals surface area (Å²) in [6.07, 6.45) is -0.270. The molecule has 2 rings (SSSR count). The molecule has 1 heteroatoms. The Morgan fingerprint density at radius 3 is 2.40 bits per heavy atom. The van der Waals surface area contributed by atoms with E-state index in [1.54, 1.807) is 0 Å². The third-order valence-corrected chi connectivity index (χ3v) is 3.87. The SMILES string of the molecule is CC(C)c1ccc2c(c1)C(O)C(C)C2C. The maximum Gasteiger partial charge on any atom is 0.0824 e. The summed E-state index contributed by atoms with van der Waals surface area (Å²) >= 11 is 0. The van der Waals surface area contributed by atoms with Crippen molar-refractivity contribution in [1.82, 2.24) is 0 Å². The summed E-state index contributed by atoms with van der Waals surface area (Å²) in [4.78, 5) is 0. The minimum absolute atomic E-state index is 0.270. The van der Waals surface area contributed by atoms with E-state index in [9.17, 15) is 5.11 Å². The Hall–Kier alpha value is -0.820. The molecule has 1 aliphatic carbocycles. The lowest BCUT2D eigenvalue weighted by Crippen LogP contribution is -2.04. The molecule has 0 aromatic heterocycles. The van der Waals surface area contributed by atoms with Crippen LogP contribution < -0.4 is 0 Å². The number of aliphatic hydroxyl groups is 1. The first-order valence-electron chi connectivity index (χ1n) is 5.84. The minimum Gasteiger partial charge on any atom is -0.388 e. The summed E-state index contributed by atoms with van der Waals surface area (Å²) in [5, 5.41) is 10.1. The Balaban J connectivity index is 2.47. The highest BCUT2D eigenvalue weighted by Gasteiger charge is 2.33. The van der Waals surface area contributed by atoms with Crippen LogP contribution in [0.2, 0.25) is 0 Å². The Morgan fingerprint density at radius 1 is 1.13 bits per heavy atom. The van der Waals surface area contributed by atoms with E-state index in [1.807, 2.05) is 0 Å². The first-order chi connectivity index (χ1) is 7.02. The summed E-state index contributed by atoms with van der Waals surface area (Å²) < 4.78 is 0. The van der Waals surface area contributed by atoms with Gasteiger partial charge in [-0.2, -0.15) is 0 Å². The highest BCUT2D eigenvalue weighted by Crippen LogP contribution is 2.45. The zero-order valence-electron chi connectivity index (χ0n) is 9.99. The molecule has 0 saturated heterocycles. The van der Waals surface area contributed by atoms with Crippen LogP contribution in [-0.4, -0.2) is 5.11 Å². The summed E-state index contributed by atoms with van der Waals surface area (Å²) in [7, 11) is 0. The molecule has 1 aromatic rings. The maximum absolute atomic E-state index is 10.1. The van der Waals surface area contributed by atoms with Crippen LogP contribution in [0.1, 0.15) is 62.3 Å². The van der Waals surface area contributed by atoms with Gasteiger partial charge in [0.05, 0.1) is 6.10 Å². The maximum atomic E-state index is 10.1. The topological polar surface area (TPSA) is 20.2 Å². The van der Waals surface area contributed by atoms with Gasteiger partial charge in [0, 0.05) is 0 Å². The van der Waals surface area contributed by atoms with Gasteiger partial charge < -0.3 is 5.11 Å². The Morgan fingerprint density at radius 2 is 1.80 bits per heavy atom. The van der Waals surface area contributed by atoms with Crippen LogP contribution in [0.25, 0.3) is 0 Å². The van der Waals surface area contributed by atoms with E-state index in [0.29, 0.717) is 17.8 Å². The zero-order chi connectivity index (χ0) is 11.2. The lowest BCUT2D eigenvalue weighted by atomic mass is 9.95. The molecule has 3 unspecified atom stereocenters. The summed E-state index contributed by atoms with van der Waals surface area (Å²) in [5.74, 6) is 1.37. The number of aliphatic hydroxyl groups excluding tert-OH is 1. The number of hydrogen-bond acceptors (Lipinski definition) is 1. The smallest absolute Gasteiger partial charge is 0.0824 e. The van der Waals surface area contributed by atoms with E-state index in [-0.39, 0.29) is 6.10 Å². The van der Waals surface area contributed by atoms with Crippen LogP contribution in [0.5, 0.6) is 0 Å². The molecule has 1 N–H and O–H groups in total. The second-order valence-electron chi connectivity index (χ2n) is 5.14. The Kier molecular flexibility index (Phi) is 2.59. The van der Waals surface area contributed by atoms with Crippen LogP contribution >= 0.6 is 0 Å². The molecular weight excluding hydrogens is 184 g/mol. The molecular formula is C14H20O.